The molecule has 0 spiro atoms. The van der Waals surface area contributed by atoms with Crippen LogP contribution in [0.25, 0.3) is 0 Å². The number of rotatable bonds is 3. The summed E-state index contributed by atoms with van der Waals surface area (Å²) in [4.78, 5) is 20.7. The van der Waals surface area contributed by atoms with Crippen LogP contribution >= 0.6 is 0 Å². The van der Waals surface area contributed by atoms with E-state index in [4.69, 9.17) is 19.7 Å². The fourth-order valence-corrected chi connectivity index (χ4v) is 1.58. The minimum Gasteiger partial charge on any atom is -0.496 e. The number of carbonyl (C=O) groups excluding carboxylic acids is 1. The van der Waals surface area contributed by atoms with E-state index in [0.29, 0.717) is 16.9 Å². The summed E-state index contributed by atoms with van der Waals surface area (Å²) in [6, 6.07) is 16.4. The Morgan fingerprint density at radius 1 is 0.900 bits per heavy atom. The molecule has 0 heterocycles. The zero-order valence-corrected chi connectivity index (χ0v) is 10.8. The summed E-state index contributed by atoms with van der Waals surface area (Å²) < 4.78 is 5.17. The Hall–Kier alpha value is -2.82. The second-order valence-electron chi connectivity index (χ2n) is 3.68. The molecule has 0 radical (unpaired) electrons. The molecule has 0 saturated heterocycles. The molecular formula is C15H14O5. The van der Waals surface area contributed by atoms with Crippen molar-refractivity contribution in [2.45, 2.75) is 0 Å². The van der Waals surface area contributed by atoms with Gasteiger partial charge in [-0.1, -0.05) is 42.5 Å². The highest BCUT2D eigenvalue weighted by atomic mass is 16.6. The molecule has 0 amide bonds. The molecule has 0 aliphatic rings. The highest BCUT2D eigenvalue weighted by Gasteiger charge is 2.12. The van der Waals surface area contributed by atoms with Gasteiger partial charge < -0.3 is 14.9 Å². The molecule has 2 N–H and O–H groups in total. The lowest BCUT2D eigenvalue weighted by Gasteiger charge is -2.06. The van der Waals surface area contributed by atoms with Crippen molar-refractivity contribution in [3.63, 3.8) is 0 Å². The van der Waals surface area contributed by atoms with Crippen LogP contribution in [0.15, 0.2) is 54.6 Å². The summed E-state index contributed by atoms with van der Waals surface area (Å²) >= 11 is 0. The van der Waals surface area contributed by atoms with Crippen molar-refractivity contribution in [2.75, 3.05) is 7.11 Å². The molecule has 0 fully saturated rings. The van der Waals surface area contributed by atoms with Gasteiger partial charge in [-0.15, -0.1) is 0 Å². The van der Waals surface area contributed by atoms with E-state index in [1.54, 1.807) is 31.4 Å². The first-order chi connectivity index (χ1) is 9.56. The maximum atomic E-state index is 12.1. The van der Waals surface area contributed by atoms with Gasteiger partial charge in [0.15, 0.2) is 5.78 Å². The van der Waals surface area contributed by atoms with Crippen LogP contribution in [0, 0.1) is 0 Å². The smallest absolute Gasteiger partial charge is 0.496 e. The summed E-state index contributed by atoms with van der Waals surface area (Å²) in [7, 11) is 1.57. The van der Waals surface area contributed by atoms with E-state index in [9.17, 15) is 4.79 Å². The Bertz CT molecular complexity index is 574. The van der Waals surface area contributed by atoms with Gasteiger partial charge in [-0.3, -0.25) is 4.79 Å². The maximum absolute atomic E-state index is 12.1. The van der Waals surface area contributed by atoms with Crippen molar-refractivity contribution in [2.24, 2.45) is 0 Å². The predicted molar refractivity (Wildman–Crippen MR) is 73.5 cm³/mol. The minimum atomic E-state index is -1.83. The van der Waals surface area contributed by atoms with Gasteiger partial charge in [-0.05, 0) is 12.1 Å². The first-order valence-corrected chi connectivity index (χ1v) is 5.71. The first-order valence-electron chi connectivity index (χ1n) is 5.71. The Morgan fingerprint density at radius 3 is 1.95 bits per heavy atom. The Morgan fingerprint density at radius 2 is 1.40 bits per heavy atom. The molecule has 0 bridgehead atoms. The standard InChI is InChI=1S/C14H12O2.CH2O3/c1-16-13-10-6-5-9-12(13)14(15)11-7-3-2-4-8-11;2-1(3)4/h2-10H,1H3;(H2,2,3,4). The number of hydrogen-bond donors (Lipinski definition) is 2. The van der Waals surface area contributed by atoms with Crippen molar-refractivity contribution in [3.05, 3.63) is 65.7 Å². The van der Waals surface area contributed by atoms with Crippen LogP contribution in [0.1, 0.15) is 15.9 Å². The minimum absolute atomic E-state index is 0.0157. The van der Waals surface area contributed by atoms with Crippen LogP contribution in [0.4, 0.5) is 4.79 Å². The van der Waals surface area contributed by atoms with Crippen LogP contribution in [-0.2, 0) is 0 Å². The third kappa shape index (κ3) is 4.45. The number of benzene rings is 2. The van der Waals surface area contributed by atoms with Gasteiger partial charge in [0.2, 0.25) is 0 Å². The summed E-state index contributed by atoms with van der Waals surface area (Å²) in [6.45, 7) is 0. The number of ether oxygens (including phenoxy) is 1. The molecule has 104 valence electrons. The molecule has 5 nitrogen and oxygen atoms in total. The molecule has 0 unspecified atom stereocenters. The molecule has 2 aromatic carbocycles. The van der Waals surface area contributed by atoms with Crippen LogP contribution < -0.4 is 4.74 Å². The average molecular weight is 274 g/mol. The predicted octanol–water partition coefficient (Wildman–Crippen LogP) is 3.15. The van der Waals surface area contributed by atoms with Crippen molar-refractivity contribution >= 4 is 11.9 Å². The average Bonchev–Trinajstić information content (AvgIpc) is 2.47. The van der Waals surface area contributed by atoms with Gasteiger partial charge in [0.05, 0.1) is 12.7 Å². The summed E-state index contributed by atoms with van der Waals surface area (Å²) in [5.74, 6) is 0.592. The number of carboxylic acid groups (broad SMARTS) is 2. The molecule has 0 atom stereocenters. The van der Waals surface area contributed by atoms with E-state index < -0.39 is 6.16 Å². The zero-order chi connectivity index (χ0) is 15.0. The highest BCUT2D eigenvalue weighted by Crippen LogP contribution is 2.20. The number of carbonyl (C=O) groups is 2. The van der Waals surface area contributed by atoms with Crippen LogP contribution in [-0.4, -0.2) is 29.3 Å². The first kappa shape index (κ1) is 15.2. The summed E-state index contributed by atoms with van der Waals surface area (Å²) in [5, 5.41) is 13.9. The molecule has 20 heavy (non-hydrogen) atoms. The number of ketones is 1. The topological polar surface area (TPSA) is 83.8 Å². The van der Waals surface area contributed by atoms with Crippen LogP contribution in [0.2, 0.25) is 0 Å². The molecule has 2 aromatic rings. The fraction of sp³-hybridized carbons (Fsp3) is 0.0667. The molecule has 0 saturated carbocycles. The quantitative estimate of drug-likeness (QED) is 0.840. The Balaban J connectivity index is 0.000000444. The van der Waals surface area contributed by atoms with Gasteiger partial charge in [0.25, 0.3) is 0 Å². The van der Waals surface area contributed by atoms with Crippen molar-refractivity contribution in [3.8, 4) is 5.75 Å². The zero-order valence-electron chi connectivity index (χ0n) is 10.8. The van der Waals surface area contributed by atoms with E-state index in [1.165, 1.54) is 0 Å². The van der Waals surface area contributed by atoms with Gasteiger partial charge >= 0.3 is 6.16 Å². The van der Waals surface area contributed by atoms with E-state index in [-0.39, 0.29) is 5.78 Å². The molecule has 0 aliphatic carbocycles. The Labute approximate surface area is 116 Å². The van der Waals surface area contributed by atoms with E-state index >= 15 is 0 Å². The number of para-hydroxylation sites is 1. The Kier molecular flexibility index (Phi) is 5.77. The second kappa shape index (κ2) is 7.58. The van der Waals surface area contributed by atoms with Crippen LogP contribution in [0.5, 0.6) is 5.75 Å². The monoisotopic (exact) mass is 274 g/mol. The molecule has 2 rings (SSSR count). The third-order valence-corrected chi connectivity index (χ3v) is 2.39. The molecule has 0 aromatic heterocycles. The van der Waals surface area contributed by atoms with Crippen molar-refractivity contribution < 1.29 is 24.5 Å². The fourth-order valence-electron chi connectivity index (χ4n) is 1.58. The van der Waals surface area contributed by atoms with Crippen LogP contribution in [0.3, 0.4) is 0 Å². The van der Waals surface area contributed by atoms with E-state index in [2.05, 4.69) is 0 Å². The lowest BCUT2D eigenvalue weighted by atomic mass is 10.0. The van der Waals surface area contributed by atoms with Crippen molar-refractivity contribution in [1.29, 1.82) is 0 Å². The molecule has 0 aliphatic heterocycles. The second-order valence-corrected chi connectivity index (χ2v) is 3.68. The van der Waals surface area contributed by atoms with Gasteiger partial charge in [-0.25, -0.2) is 4.79 Å². The number of methoxy groups -OCH3 is 1. The van der Waals surface area contributed by atoms with Crippen molar-refractivity contribution in [1.82, 2.24) is 0 Å². The summed E-state index contributed by atoms with van der Waals surface area (Å²) in [5.41, 5.74) is 1.27. The molecular weight excluding hydrogens is 260 g/mol. The normalized spacial score (nSPS) is 9.05. The summed E-state index contributed by atoms with van der Waals surface area (Å²) in [6.07, 6.45) is -1.83. The molecule has 5 heteroatoms. The highest BCUT2D eigenvalue weighted by molar-refractivity contribution is 6.10. The maximum Gasteiger partial charge on any atom is 0.503 e. The van der Waals surface area contributed by atoms with Gasteiger partial charge in [-0.2, -0.15) is 0 Å². The third-order valence-electron chi connectivity index (χ3n) is 2.39. The largest absolute Gasteiger partial charge is 0.503 e. The van der Waals surface area contributed by atoms with Gasteiger partial charge in [0, 0.05) is 5.56 Å². The number of hydrogen-bond acceptors (Lipinski definition) is 3. The van der Waals surface area contributed by atoms with E-state index in [1.807, 2.05) is 30.3 Å². The van der Waals surface area contributed by atoms with Gasteiger partial charge in [0.1, 0.15) is 5.75 Å². The van der Waals surface area contributed by atoms with E-state index in [0.717, 1.165) is 0 Å². The SMILES string of the molecule is COc1ccccc1C(=O)c1ccccc1.O=C(O)O. The lowest BCUT2D eigenvalue weighted by molar-refractivity contribution is 0.103. The lowest BCUT2D eigenvalue weighted by Crippen LogP contribution is -2.03.